The topological polar surface area (TPSA) is 49.8 Å². The zero-order chi connectivity index (χ0) is 15.7. The first-order chi connectivity index (χ1) is 10.7. The average Bonchev–Trinajstić information content (AvgIpc) is 2.98. The van der Waals surface area contributed by atoms with Crippen LogP contribution >= 0.6 is 0 Å². The fraction of sp³-hybridized carbons (Fsp3) is 0.353. The molecule has 2 atom stereocenters. The molecular formula is C17H18FNO3. The third-order valence-corrected chi connectivity index (χ3v) is 4.28. The van der Waals surface area contributed by atoms with Gasteiger partial charge in [0.15, 0.2) is 0 Å². The summed E-state index contributed by atoms with van der Waals surface area (Å²) in [6.45, 7) is 0.330. The molecule has 0 unspecified atom stereocenters. The van der Waals surface area contributed by atoms with E-state index >= 15 is 0 Å². The van der Waals surface area contributed by atoms with Gasteiger partial charge in [0.25, 0.3) is 5.91 Å². The molecule has 1 saturated heterocycles. The molecule has 1 heterocycles. The highest BCUT2D eigenvalue weighted by Crippen LogP contribution is 2.27. The predicted molar refractivity (Wildman–Crippen MR) is 81.2 cm³/mol. The van der Waals surface area contributed by atoms with Crippen LogP contribution in [0.3, 0.4) is 0 Å². The Morgan fingerprint density at radius 2 is 2.05 bits per heavy atom. The first-order valence-corrected chi connectivity index (χ1v) is 7.27. The van der Waals surface area contributed by atoms with Gasteiger partial charge in [0.05, 0.1) is 18.8 Å². The number of hydrogen-bond acceptors (Lipinski definition) is 3. The van der Waals surface area contributed by atoms with Crippen molar-refractivity contribution >= 4 is 16.7 Å². The van der Waals surface area contributed by atoms with Crippen molar-refractivity contribution in [3.05, 3.63) is 47.8 Å². The van der Waals surface area contributed by atoms with Crippen molar-refractivity contribution in [2.75, 3.05) is 20.3 Å². The number of methoxy groups -OCH3 is 1. The van der Waals surface area contributed by atoms with E-state index < -0.39 is 0 Å². The number of ether oxygens (including phenoxy) is 1. The zero-order valence-electron chi connectivity index (χ0n) is 12.3. The molecule has 22 heavy (non-hydrogen) atoms. The lowest BCUT2D eigenvalue weighted by Gasteiger charge is -2.23. The molecule has 0 aliphatic carbocycles. The first kappa shape index (κ1) is 14.9. The number of rotatable bonds is 3. The van der Waals surface area contributed by atoms with E-state index in [0.29, 0.717) is 29.3 Å². The average molecular weight is 303 g/mol. The second-order valence-corrected chi connectivity index (χ2v) is 5.53. The Morgan fingerprint density at radius 3 is 2.73 bits per heavy atom. The van der Waals surface area contributed by atoms with Crippen molar-refractivity contribution in [3.8, 4) is 0 Å². The maximum Gasteiger partial charge on any atom is 0.254 e. The Bertz CT molecular complexity index is 703. The molecule has 1 aliphatic rings. The molecule has 0 radical (unpaired) electrons. The van der Waals surface area contributed by atoms with Crippen molar-refractivity contribution in [2.24, 2.45) is 0 Å². The van der Waals surface area contributed by atoms with Crippen molar-refractivity contribution in [3.63, 3.8) is 0 Å². The van der Waals surface area contributed by atoms with Crippen LogP contribution in [-0.2, 0) is 4.74 Å². The Morgan fingerprint density at radius 1 is 1.32 bits per heavy atom. The number of aliphatic hydroxyl groups excluding tert-OH is 1. The number of carbonyl (C=O) groups is 1. The fourth-order valence-corrected chi connectivity index (χ4v) is 3.07. The van der Waals surface area contributed by atoms with Crippen LogP contribution in [0.1, 0.15) is 16.8 Å². The highest BCUT2D eigenvalue weighted by atomic mass is 19.1. The monoisotopic (exact) mass is 303 g/mol. The lowest BCUT2D eigenvalue weighted by atomic mass is 10.0. The van der Waals surface area contributed by atoms with E-state index in [1.165, 1.54) is 12.1 Å². The molecule has 1 N–H and O–H groups in total. The summed E-state index contributed by atoms with van der Waals surface area (Å²) in [6, 6.07) is 9.48. The maximum atomic E-state index is 13.9. The molecule has 2 aromatic rings. The highest BCUT2D eigenvalue weighted by Gasteiger charge is 2.35. The summed E-state index contributed by atoms with van der Waals surface area (Å²) in [4.78, 5) is 14.5. The summed E-state index contributed by atoms with van der Waals surface area (Å²) >= 11 is 0. The van der Waals surface area contributed by atoms with Gasteiger partial charge in [-0.2, -0.15) is 0 Å². The van der Waals surface area contributed by atoms with Gasteiger partial charge in [-0.05, 0) is 23.9 Å². The van der Waals surface area contributed by atoms with Gasteiger partial charge in [-0.3, -0.25) is 4.79 Å². The van der Waals surface area contributed by atoms with E-state index in [-0.39, 0.29) is 30.5 Å². The van der Waals surface area contributed by atoms with E-state index in [2.05, 4.69) is 0 Å². The van der Waals surface area contributed by atoms with Gasteiger partial charge in [0.2, 0.25) is 0 Å². The van der Waals surface area contributed by atoms with Gasteiger partial charge in [-0.15, -0.1) is 0 Å². The zero-order valence-corrected chi connectivity index (χ0v) is 12.3. The molecule has 4 nitrogen and oxygen atoms in total. The molecule has 5 heteroatoms. The maximum absolute atomic E-state index is 13.9. The number of nitrogens with zero attached hydrogens (tertiary/aromatic N) is 1. The number of fused-ring (bicyclic) bond motifs is 1. The van der Waals surface area contributed by atoms with E-state index in [4.69, 9.17) is 4.74 Å². The molecule has 2 aromatic carbocycles. The minimum Gasteiger partial charge on any atom is -0.394 e. The van der Waals surface area contributed by atoms with Crippen LogP contribution in [0, 0.1) is 5.82 Å². The normalized spacial score (nSPS) is 21.5. The summed E-state index contributed by atoms with van der Waals surface area (Å²) < 4.78 is 19.2. The SMILES string of the molecule is CO[C@@H]1C[C@@H](CO)N(C(=O)c2ccc(F)c3ccccc23)C1. The number of likely N-dealkylation sites (tertiary alicyclic amines) is 1. The number of benzene rings is 2. The Balaban J connectivity index is 2.01. The molecule has 1 aliphatic heterocycles. The van der Waals surface area contributed by atoms with Crippen LogP contribution in [-0.4, -0.2) is 48.3 Å². The number of carbonyl (C=O) groups excluding carboxylic acids is 1. The summed E-state index contributed by atoms with van der Waals surface area (Å²) in [6.07, 6.45) is 0.533. The lowest BCUT2D eigenvalue weighted by molar-refractivity contribution is 0.0650. The summed E-state index contributed by atoms with van der Waals surface area (Å²) in [7, 11) is 1.60. The lowest BCUT2D eigenvalue weighted by Crippen LogP contribution is -2.38. The summed E-state index contributed by atoms with van der Waals surface area (Å²) in [5.74, 6) is -0.545. The third kappa shape index (κ3) is 2.46. The van der Waals surface area contributed by atoms with Crippen LogP contribution in [0.15, 0.2) is 36.4 Å². The van der Waals surface area contributed by atoms with E-state index in [1.807, 2.05) is 0 Å². The van der Waals surface area contributed by atoms with Gasteiger partial charge in [0.1, 0.15) is 5.82 Å². The van der Waals surface area contributed by atoms with Gasteiger partial charge >= 0.3 is 0 Å². The number of hydrogen-bond donors (Lipinski definition) is 1. The number of aliphatic hydroxyl groups is 1. The fourth-order valence-electron chi connectivity index (χ4n) is 3.07. The van der Waals surface area contributed by atoms with Gasteiger partial charge in [0, 0.05) is 24.6 Å². The largest absolute Gasteiger partial charge is 0.394 e. The van der Waals surface area contributed by atoms with E-state index in [1.54, 1.807) is 36.3 Å². The highest BCUT2D eigenvalue weighted by molar-refractivity contribution is 6.07. The molecule has 0 bridgehead atoms. The van der Waals surface area contributed by atoms with Crippen LogP contribution in [0.4, 0.5) is 4.39 Å². The minimum atomic E-state index is -0.345. The van der Waals surface area contributed by atoms with E-state index in [0.717, 1.165) is 0 Å². The van der Waals surface area contributed by atoms with Crippen LogP contribution < -0.4 is 0 Å². The molecule has 1 fully saturated rings. The molecular weight excluding hydrogens is 285 g/mol. The van der Waals surface area contributed by atoms with Gasteiger partial charge in [-0.1, -0.05) is 24.3 Å². The smallest absolute Gasteiger partial charge is 0.254 e. The number of amides is 1. The summed E-state index contributed by atoms with van der Waals surface area (Å²) in [5, 5.41) is 10.5. The molecule has 0 saturated carbocycles. The van der Waals surface area contributed by atoms with Gasteiger partial charge < -0.3 is 14.7 Å². The molecule has 1 amide bonds. The molecule has 0 aromatic heterocycles. The Hall–Kier alpha value is -1.98. The third-order valence-electron chi connectivity index (χ3n) is 4.28. The first-order valence-electron chi connectivity index (χ1n) is 7.27. The predicted octanol–water partition coefficient (Wildman–Crippen LogP) is 2.20. The standard InChI is InChI=1S/C17H18FNO3/c1-22-12-8-11(10-20)19(9-12)17(21)15-6-7-16(18)14-5-3-2-4-13(14)15/h2-7,11-12,20H,8-10H2,1H3/t11-,12+/m0/s1. The summed E-state index contributed by atoms with van der Waals surface area (Å²) in [5.41, 5.74) is 0.451. The van der Waals surface area contributed by atoms with Crippen molar-refractivity contribution in [2.45, 2.75) is 18.6 Å². The molecule has 0 spiro atoms. The van der Waals surface area contributed by atoms with Crippen molar-refractivity contribution < 1.29 is 19.0 Å². The minimum absolute atomic E-state index is 0.0761. The van der Waals surface area contributed by atoms with Crippen LogP contribution in [0.2, 0.25) is 0 Å². The number of halogens is 1. The van der Waals surface area contributed by atoms with Crippen molar-refractivity contribution in [1.29, 1.82) is 0 Å². The Kier molecular flexibility index (Phi) is 4.09. The van der Waals surface area contributed by atoms with Gasteiger partial charge in [-0.25, -0.2) is 4.39 Å². The van der Waals surface area contributed by atoms with E-state index in [9.17, 15) is 14.3 Å². The quantitative estimate of drug-likeness (QED) is 0.945. The van der Waals surface area contributed by atoms with Crippen LogP contribution in [0.25, 0.3) is 10.8 Å². The molecule has 3 rings (SSSR count). The molecule has 116 valence electrons. The van der Waals surface area contributed by atoms with Crippen LogP contribution in [0.5, 0.6) is 0 Å². The second kappa shape index (κ2) is 6.02. The van der Waals surface area contributed by atoms with Crippen molar-refractivity contribution in [1.82, 2.24) is 4.90 Å². The second-order valence-electron chi connectivity index (χ2n) is 5.53. The Labute approximate surface area is 128 Å².